The Kier molecular flexibility index (Phi) is 8.09. The van der Waals surface area contributed by atoms with E-state index in [-0.39, 0.29) is 23.0 Å². The highest BCUT2D eigenvalue weighted by Crippen LogP contribution is 2.35. The Morgan fingerprint density at radius 2 is 1.91 bits per heavy atom. The molecule has 0 radical (unpaired) electrons. The van der Waals surface area contributed by atoms with Gasteiger partial charge in [0.05, 0.1) is 25.2 Å². The Hall–Kier alpha value is -1.10. The number of methoxy groups -OCH3 is 1. The number of rotatable bonds is 4. The van der Waals surface area contributed by atoms with Crippen molar-refractivity contribution >= 4 is 12.4 Å². The van der Waals surface area contributed by atoms with Crippen LogP contribution in [-0.4, -0.2) is 49.2 Å². The summed E-state index contributed by atoms with van der Waals surface area (Å²) in [5, 5.41) is 0. The Bertz CT molecular complexity index is 360. The summed E-state index contributed by atoms with van der Waals surface area (Å²) in [5.41, 5.74) is 0.0566. The lowest BCUT2D eigenvalue weighted by molar-refractivity contribution is -0.136. The zero-order valence-corrected chi connectivity index (χ0v) is 15.4. The monoisotopic (exact) mass is 315 g/mol. The summed E-state index contributed by atoms with van der Waals surface area (Å²) < 4.78 is 9.66. The molecule has 0 bridgehead atoms. The van der Waals surface area contributed by atoms with Gasteiger partial charge in [0.1, 0.15) is 0 Å². The van der Waals surface area contributed by atoms with Crippen molar-refractivity contribution in [1.82, 2.24) is 4.90 Å². The van der Waals surface area contributed by atoms with Crippen LogP contribution < -0.4 is 0 Å². The predicted octanol–water partition coefficient (Wildman–Crippen LogP) is 2.87. The van der Waals surface area contributed by atoms with Gasteiger partial charge in [-0.05, 0) is 39.0 Å². The van der Waals surface area contributed by atoms with Crippen molar-refractivity contribution < 1.29 is 19.1 Å². The standard InChI is InChI=1S/C15H29NO2.C2H4O2/c1-11-9-16(10-15(11,6)7)13(17)8-12(2)18-14(3,4)5;1-4-2-3/h11-12H,8-10H2,1-7H3;2H,1H3/t11?,12-;/m1./s1. The molecule has 1 amide bonds. The molecule has 5 nitrogen and oxygen atoms in total. The lowest BCUT2D eigenvalue weighted by atomic mass is 9.84. The average molecular weight is 315 g/mol. The molecule has 2 atom stereocenters. The molecule has 1 aliphatic rings. The lowest BCUT2D eigenvalue weighted by Gasteiger charge is -2.26. The molecule has 0 aromatic rings. The van der Waals surface area contributed by atoms with Crippen LogP contribution in [0.4, 0.5) is 0 Å². The van der Waals surface area contributed by atoms with Gasteiger partial charge in [0.15, 0.2) is 0 Å². The maximum atomic E-state index is 12.2. The van der Waals surface area contributed by atoms with E-state index >= 15 is 0 Å². The molecule has 1 fully saturated rings. The fourth-order valence-corrected chi connectivity index (χ4v) is 2.50. The second kappa shape index (κ2) is 8.51. The summed E-state index contributed by atoms with van der Waals surface area (Å²) in [7, 11) is 1.31. The molecule has 0 aromatic heterocycles. The first-order valence-corrected chi connectivity index (χ1v) is 7.85. The van der Waals surface area contributed by atoms with Crippen LogP contribution in [0.15, 0.2) is 0 Å². The second-order valence-corrected chi connectivity index (χ2v) is 7.74. The molecule has 1 saturated heterocycles. The molecule has 1 unspecified atom stereocenters. The Morgan fingerprint density at radius 1 is 1.41 bits per heavy atom. The smallest absolute Gasteiger partial charge is 0.292 e. The van der Waals surface area contributed by atoms with E-state index in [1.165, 1.54) is 7.11 Å². The molecule has 22 heavy (non-hydrogen) atoms. The van der Waals surface area contributed by atoms with Gasteiger partial charge in [-0.25, -0.2) is 0 Å². The number of nitrogens with zero attached hydrogens (tertiary/aromatic N) is 1. The molecule has 0 N–H and O–H groups in total. The molecule has 130 valence electrons. The predicted molar refractivity (Wildman–Crippen MR) is 87.5 cm³/mol. The van der Waals surface area contributed by atoms with Gasteiger partial charge in [-0.1, -0.05) is 20.8 Å². The van der Waals surface area contributed by atoms with Gasteiger partial charge in [-0.2, -0.15) is 0 Å². The molecule has 1 heterocycles. The van der Waals surface area contributed by atoms with Crippen molar-refractivity contribution in [2.24, 2.45) is 11.3 Å². The van der Waals surface area contributed by atoms with E-state index in [1.54, 1.807) is 0 Å². The lowest BCUT2D eigenvalue weighted by Crippen LogP contribution is -2.35. The summed E-state index contributed by atoms with van der Waals surface area (Å²) in [6, 6.07) is 0. The van der Waals surface area contributed by atoms with Crippen LogP contribution in [-0.2, 0) is 19.1 Å². The number of carbonyl (C=O) groups is 2. The molecule has 1 aliphatic heterocycles. The maximum absolute atomic E-state index is 12.2. The van der Waals surface area contributed by atoms with Crippen molar-refractivity contribution in [3.05, 3.63) is 0 Å². The van der Waals surface area contributed by atoms with E-state index in [2.05, 4.69) is 25.5 Å². The van der Waals surface area contributed by atoms with Crippen LogP contribution in [0.1, 0.15) is 54.9 Å². The van der Waals surface area contributed by atoms with E-state index in [1.807, 2.05) is 32.6 Å². The van der Waals surface area contributed by atoms with Crippen molar-refractivity contribution in [2.45, 2.75) is 66.6 Å². The van der Waals surface area contributed by atoms with E-state index in [9.17, 15) is 4.79 Å². The first kappa shape index (κ1) is 20.9. The Labute approximate surface area is 135 Å². The largest absolute Gasteiger partial charge is 0.471 e. The van der Waals surface area contributed by atoms with Crippen LogP contribution in [0.3, 0.4) is 0 Å². The van der Waals surface area contributed by atoms with E-state index in [4.69, 9.17) is 9.53 Å². The van der Waals surface area contributed by atoms with Gasteiger partial charge >= 0.3 is 0 Å². The molecule has 1 rings (SSSR count). The molecule has 5 heteroatoms. The average Bonchev–Trinajstić information content (AvgIpc) is 2.62. The third-order valence-corrected chi connectivity index (χ3v) is 3.89. The highest BCUT2D eigenvalue weighted by molar-refractivity contribution is 5.77. The summed E-state index contributed by atoms with van der Waals surface area (Å²) in [6.07, 6.45) is 0.469. The quantitative estimate of drug-likeness (QED) is 0.749. The third kappa shape index (κ3) is 7.78. The molecule has 0 aliphatic carbocycles. The molecule has 0 spiro atoms. The number of hydrogen-bond donors (Lipinski definition) is 0. The van der Waals surface area contributed by atoms with Crippen LogP contribution in [0, 0.1) is 11.3 Å². The number of amides is 1. The maximum Gasteiger partial charge on any atom is 0.292 e. The van der Waals surface area contributed by atoms with E-state index in [0.29, 0.717) is 18.8 Å². The van der Waals surface area contributed by atoms with E-state index < -0.39 is 0 Å². The fourth-order valence-electron chi connectivity index (χ4n) is 2.50. The summed E-state index contributed by atoms with van der Waals surface area (Å²) >= 11 is 0. The summed E-state index contributed by atoms with van der Waals surface area (Å²) in [4.78, 5) is 23.2. The Balaban J connectivity index is 0.000000980. The van der Waals surface area contributed by atoms with Gasteiger partial charge in [0.2, 0.25) is 5.91 Å². The zero-order chi connectivity index (χ0) is 17.6. The first-order valence-electron chi connectivity index (χ1n) is 7.85. The minimum Gasteiger partial charge on any atom is -0.471 e. The topological polar surface area (TPSA) is 55.8 Å². The van der Waals surface area contributed by atoms with Gasteiger partial charge in [0, 0.05) is 13.1 Å². The van der Waals surface area contributed by atoms with Crippen molar-refractivity contribution in [3.8, 4) is 0 Å². The van der Waals surface area contributed by atoms with Crippen molar-refractivity contribution in [1.29, 1.82) is 0 Å². The number of ether oxygens (including phenoxy) is 2. The van der Waals surface area contributed by atoms with Crippen molar-refractivity contribution in [2.75, 3.05) is 20.2 Å². The zero-order valence-electron chi connectivity index (χ0n) is 15.4. The van der Waals surface area contributed by atoms with Gasteiger partial charge in [0.25, 0.3) is 6.47 Å². The normalized spacial score (nSPS) is 21.6. The summed E-state index contributed by atoms with van der Waals surface area (Å²) in [5.74, 6) is 0.796. The highest BCUT2D eigenvalue weighted by atomic mass is 16.5. The minimum atomic E-state index is -0.183. The third-order valence-electron chi connectivity index (χ3n) is 3.89. The SMILES string of the molecule is CC1CN(C(=O)C[C@@H](C)OC(C)(C)C)CC1(C)C.COC=O. The molecular formula is C17H33NO4. The van der Waals surface area contributed by atoms with Crippen molar-refractivity contribution in [3.63, 3.8) is 0 Å². The van der Waals surface area contributed by atoms with Gasteiger partial charge in [-0.15, -0.1) is 0 Å². The highest BCUT2D eigenvalue weighted by Gasteiger charge is 2.38. The summed E-state index contributed by atoms with van der Waals surface area (Å²) in [6.45, 7) is 16.9. The fraction of sp³-hybridized carbons (Fsp3) is 0.882. The van der Waals surface area contributed by atoms with Gasteiger partial charge < -0.3 is 14.4 Å². The van der Waals surface area contributed by atoms with Crippen LogP contribution in [0.25, 0.3) is 0 Å². The van der Waals surface area contributed by atoms with Gasteiger partial charge in [-0.3, -0.25) is 9.59 Å². The number of carbonyl (C=O) groups excluding carboxylic acids is 2. The van der Waals surface area contributed by atoms with Crippen LogP contribution in [0.2, 0.25) is 0 Å². The number of hydrogen-bond acceptors (Lipinski definition) is 4. The van der Waals surface area contributed by atoms with E-state index in [0.717, 1.165) is 13.1 Å². The second-order valence-electron chi connectivity index (χ2n) is 7.74. The molecule has 0 saturated carbocycles. The minimum absolute atomic E-state index is 0.0171. The first-order chi connectivity index (χ1) is 9.92. The van der Waals surface area contributed by atoms with Crippen LogP contribution >= 0.6 is 0 Å². The van der Waals surface area contributed by atoms with Crippen LogP contribution in [0.5, 0.6) is 0 Å². The Morgan fingerprint density at radius 3 is 2.23 bits per heavy atom. The molecule has 0 aromatic carbocycles. The molecular weight excluding hydrogens is 282 g/mol. The number of likely N-dealkylation sites (tertiary alicyclic amines) is 1.